The number of nitrogens with one attached hydrogen (secondary N) is 2. The number of hydrazone groups is 1. The molecule has 0 bridgehead atoms. The summed E-state index contributed by atoms with van der Waals surface area (Å²) in [7, 11) is 0. The van der Waals surface area contributed by atoms with Gasteiger partial charge in [0.25, 0.3) is 5.91 Å². The van der Waals surface area contributed by atoms with Gasteiger partial charge in [0.05, 0.1) is 17.0 Å². The molecule has 2 amide bonds. The Hall–Kier alpha value is -3.06. The lowest BCUT2D eigenvalue weighted by molar-refractivity contribution is -0.115. The van der Waals surface area contributed by atoms with Gasteiger partial charge in [-0.2, -0.15) is 5.10 Å². The van der Waals surface area contributed by atoms with E-state index in [9.17, 15) is 9.59 Å². The van der Waals surface area contributed by atoms with Crippen LogP contribution in [0.25, 0.3) is 0 Å². The second-order valence-corrected chi connectivity index (χ2v) is 5.97. The van der Waals surface area contributed by atoms with Crippen molar-refractivity contribution in [3.05, 3.63) is 53.1 Å². The number of nitrogens with zero attached hydrogens (tertiary/aromatic N) is 1. The molecule has 2 aromatic carbocycles. The van der Waals surface area contributed by atoms with Gasteiger partial charge < -0.3 is 14.8 Å². The Kier molecular flexibility index (Phi) is 5.38. The van der Waals surface area contributed by atoms with Gasteiger partial charge in [-0.25, -0.2) is 5.43 Å². The van der Waals surface area contributed by atoms with Crippen LogP contribution in [0.4, 0.5) is 5.69 Å². The summed E-state index contributed by atoms with van der Waals surface area (Å²) < 4.78 is 10.5. The predicted octanol–water partition coefficient (Wildman–Crippen LogP) is 3.20. The summed E-state index contributed by atoms with van der Waals surface area (Å²) in [6, 6.07) is 11.8. The number of hydrogen-bond acceptors (Lipinski definition) is 5. The maximum absolute atomic E-state index is 12.1. The highest BCUT2D eigenvalue weighted by Crippen LogP contribution is 2.34. The number of hydrogen-bond donors (Lipinski definition) is 2. The number of halogens is 1. The molecule has 0 spiro atoms. The topological polar surface area (TPSA) is 89.0 Å². The van der Waals surface area contributed by atoms with E-state index in [1.807, 2.05) is 0 Å². The lowest BCUT2D eigenvalue weighted by Crippen LogP contribution is -2.21. The molecule has 0 aromatic heterocycles. The van der Waals surface area contributed by atoms with Gasteiger partial charge in [0.1, 0.15) is 0 Å². The highest BCUT2D eigenvalue weighted by Gasteiger charge is 2.14. The van der Waals surface area contributed by atoms with Crippen LogP contribution in [0.3, 0.4) is 0 Å². The average Bonchev–Trinajstić information content (AvgIpc) is 3.07. The van der Waals surface area contributed by atoms with Gasteiger partial charge in [0, 0.05) is 17.5 Å². The number of ether oxygens (including phenoxy) is 2. The summed E-state index contributed by atoms with van der Waals surface area (Å²) in [6.45, 7) is 1.82. The molecular weight excluding hydrogens is 358 g/mol. The summed E-state index contributed by atoms with van der Waals surface area (Å²) in [5, 5.41) is 7.01. The first kappa shape index (κ1) is 17.8. The number of benzene rings is 2. The minimum Gasteiger partial charge on any atom is -0.454 e. The Morgan fingerprint density at radius 2 is 1.92 bits per heavy atom. The standard InChI is InChI=1S/C18H16ClN3O4/c1-11(21-22-18(24)13-4-2-3-5-14(13)19)8-17(23)20-12-6-7-15-16(9-12)26-10-25-15/h2-7,9H,8,10H2,1H3,(H,20,23)(H,22,24). The Morgan fingerprint density at radius 1 is 1.15 bits per heavy atom. The molecule has 0 fully saturated rings. The number of fused-ring (bicyclic) bond motifs is 1. The van der Waals surface area contributed by atoms with Gasteiger partial charge in [-0.05, 0) is 31.2 Å². The van der Waals surface area contributed by atoms with Crippen molar-refractivity contribution in [1.82, 2.24) is 5.43 Å². The summed E-state index contributed by atoms with van der Waals surface area (Å²) in [4.78, 5) is 24.1. The lowest BCUT2D eigenvalue weighted by atomic mass is 10.2. The first-order valence-electron chi connectivity index (χ1n) is 7.80. The third kappa shape index (κ3) is 4.31. The molecule has 0 atom stereocenters. The van der Waals surface area contributed by atoms with Gasteiger partial charge in [0.2, 0.25) is 12.7 Å². The minimum atomic E-state index is -0.439. The zero-order valence-corrected chi connectivity index (χ0v) is 14.7. The van der Waals surface area contributed by atoms with Crippen LogP contribution < -0.4 is 20.2 Å². The van der Waals surface area contributed by atoms with Crippen molar-refractivity contribution in [3.63, 3.8) is 0 Å². The molecule has 2 aromatic rings. The van der Waals surface area contributed by atoms with Crippen molar-refractivity contribution in [2.45, 2.75) is 13.3 Å². The van der Waals surface area contributed by atoms with Crippen molar-refractivity contribution in [2.75, 3.05) is 12.1 Å². The molecule has 26 heavy (non-hydrogen) atoms. The first-order chi connectivity index (χ1) is 12.5. The van der Waals surface area contributed by atoms with Crippen LogP contribution in [0.1, 0.15) is 23.7 Å². The first-order valence-corrected chi connectivity index (χ1v) is 8.18. The van der Waals surface area contributed by atoms with Crippen LogP contribution in [0.15, 0.2) is 47.6 Å². The molecule has 1 aliphatic rings. The van der Waals surface area contributed by atoms with E-state index in [4.69, 9.17) is 21.1 Å². The second kappa shape index (κ2) is 7.88. The van der Waals surface area contributed by atoms with E-state index in [0.717, 1.165) is 0 Å². The summed E-state index contributed by atoms with van der Waals surface area (Å²) in [5.74, 6) is 0.520. The van der Waals surface area contributed by atoms with Crippen LogP contribution in [0, 0.1) is 0 Å². The molecule has 0 radical (unpaired) electrons. The van der Waals surface area contributed by atoms with Crippen LogP contribution >= 0.6 is 11.6 Å². The minimum absolute atomic E-state index is 0.0250. The molecule has 7 nitrogen and oxygen atoms in total. The lowest BCUT2D eigenvalue weighted by Gasteiger charge is -2.07. The monoisotopic (exact) mass is 373 g/mol. The Balaban J connectivity index is 1.54. The quantitative estimate of drug-likeness (QED) is 0.622. The molecule has 8 heteroatoms. The SMILES string of the molecule is CC(CC(=O)Nc1ccc2c(c1)OCO2)=NNC(=O)c1ccccc1Cl. The normalized spacial score (nSPS) is 12.6. The van der Waals surface area contributed by atoms with Gasteiger partial charge in [-0.3, -0.25) is 9.59 Å². The van der Waals surface area contributed by atoms with E-state index in [-0.39, 0.29) is 19.1 Å². The van der Waals surface area contributed by atoms with Crippen molar-refractivity contribution < 1.29 is 19.1 Å². The largest absolute Gasteiger partial charge is 0.454 e. The molecule has 0 unspecified atom stereocenters. The maximum Gasteiger partial charge on any atom is 0.272 e. The fourth-order valence-corrected chi connectivity index (χ4v) is 2.52. The van der Waals surface area contributed by atoms with Crippen LogP contribution in [0.2, 0.25) is 5.02 Å². The third-order valence-electron chi connectivity index (χ3n) is 3.54. The highest BCUT2D eigenvalue weighted by atomic mass is 35.5. The van der Waals surface area contributed by atoms with Gasteiger partial charge in [-0.15, -0.1) is 0 Å². The Bertz CT molecular complexity index is 882. The molecule has 1 heterocycles. The average molecular weight is 374 g/mol. The van der Waals surface area contributed by atoms with Crippen molar-refractivity contribution in [1.29, 1.82) is 0 Å². The van der Waals surface area contributed by atoms with E-state index in [1.165, 1.54) is 0 Å². The smallest absolute Gasteiger partial charge is 0.272 e. The maximum atomic E-state index is 12.1. The van der Waals surface area contributed by atoms with E-state index in [1.54, 1.807) is 49.4 Å². The fraction of sp³-hybridized carbons (Fsp3) is 0.167. The van der Waals surface area contributed by atoms with Gasteiger partial charge in [0.15, 0.2) is 11.5 Å². The molecule has 0 saturated carbocycles. The van der Waals surface area contributed by atoms with Crippen molar-refractivity contribution >= 4 is 34.8 Å². The van der Waals surface area contributed by atoms with E-state index < -0.39 is 5.91 Å². The molecule has 1 aliphatic heterocycles. The highest BCUT2D eigenvalue weighted by molar-refractivity contribution is 6.33. The van der Waals surface area contributed by atoms with Crippen LogP contribution in [0.5, 0.6) is 11.5 Å². The summed E-state index contributed by atoms with van der Waals surface area (Å²) in [5.41, 5.74) is 3.74. The van der Waals surface area contributed by atoms with E-state index in [2.05, 4.69) is 15.8 Å². The number of carbonyl (C=O) groups is 2. The molecule has 134 valence electrons. The summed E-state index contributed by atoms with van der Waals surface area (Å²) in [6.07, 6.45) is 0.0250. The van der Waals surface area contributed by atoms with E-state index in [0.29, 0.717) is 33.5 Å². The number of carbonyl (C=O) groups excluding carboxylic acids is 2. The van der Waals surface area contributed by atoms with Crippen LogP contribution in [-0.4, -0.2) is 24.3 Å². The Morgan fingerprint density at radius 3 is 2.73 bits per heavy atom. The third-order valence-corrected chi connectivity index (χ3v) is 3.87. The van der Waals surface area contributed by atoms with Gasteiger partial charge in [-0.1, -0.05) is 23.7 Å². The zero-order chi connectivity index (χ0) is 18.5. The number of anilines is 1. The molecule has 3 rings (SSSR count). The van der Waals surface area contributed by atoms with Gasteiger partial charge >= 0.3 is 0 Å². The Labute approximate surface area is 154 Å². The predicted molar refractivity (Wildman–Crippen MR) is 97.8 cm³/mol. The van der Waals surface area contributed by atoms with Crippen molar-refractivity contribution in [2.24, 2.45) is 5.10 Å². The molecule has 2 N–H and O–H groups in total. The number of rotatable bonds is 5. The molecular formula is C18H16ClN3O4. The van der Waals surface area contributed by atoms with Crippen molar-refractivity contribution in [3.8, 4) is 11.5 Å². The zero-order valence-electron chi connectivity index (χ0n) is 13.9. The number of amides is 2. The van der Waals surface area contributed by atoms with Crippen LogP contribution in [-0.2, 0) is 4.79 Å². The van der Waals surface area contributed by atoms with E-state index >= 15 is 0 Å². The fourth-order valence-electron chi connectivity index (χ4n) is 2.30. The molecule has 0 saturated heterocycles. The molecule has 0 aliphatic carbocycles. The summed E-state index contributed by atoms with van der Waals surface area (Å²) >= 11 is 5.96. The second-order valence-electron chi connectivity index (χ2n) is 5.56.